The third-order valence-corrected chi connectivity index (χ3v) is 2.16. The molecule has 0 fully saturated rings. The van der Waals surface area contributed by atoms with E-state index in [0.29, 0.717) is 15.8 Å². The van der Waals surface area contributed by atoms with Crippen LogP contribution in [0.4, 0.5) is 5.95 Å². The van der Waals surface area contributed by atoms with Crippen molar-refractivity contribution in [3.05, 3.63) is 11.0 Å². The molecule has 0 aliphatic rings. The molecule has 5 N–H and O–H groups in total. The van der Waals surface area contributed by atoms with Gasteiger partial charge in [-0.15, -0.1) is 0 Å². The molecule has 8 heteroatoms. The van der Waals surface area contributed by atoms with Gasteiger partial charge in [-0.1, -0.05) is 12.2 Å². The van der Waals surface area contributed by atoms with E-state index in [1.54, 1.807) is 0 Å². The number of nitrogen functional groups attached to an aromatic ring is 1. The van der Waals surface area contributed by atoms with Gasteiger partial charge in [0.1, 0.15) is 17.5 Å². The molecule has 72 valence electrons. The zero-order valence-corrected chi connectivity index (χ0v) is 8.52. The summed E-state index contributed by atoms with van der Waals surface area (Å²) in [6.45, 7) is 0. The minimum atomic E-state index is 0.170. The maximum atomic E-state index is 5.49. The number of hydrogen-bond donors (Lipinski definition) is 3. The zero-order valence-electron chi connectivity index (χ0n) is 6.89. The summed E-state index contributed by atoms with van der Waals surface area (Å²) >= 11 is 9.79. The number of nitrogens with zero attached hydrogens (tertiary/aromatic N) is 3. The van der Waals surface area contributed by atoms with Gasteiger partial charge in [-0.05, 0) is 12.2 Å². The van der Waals surface area contributed by atoms with Crippen molar-refractivity contribution in [2.75, 3.05) is 5.73 Å². The molecule has 0 atom stereocenters. The summed E-state index contributed by atoms with van der Waals surface area (Å²) in [6.07, 6.45) is 1.47. The predicted molar refractivity (Wildman–Crippen MR) is 59.3 cm³/mol. The molecule has 0 saturated carbocycles. The largest absolute Gasteiger partial charge is 0.376 e. The van der Waals surface area contributed by atoms with E-state index < -0.39 is 0 Å². The van der Waals surface area contributed by atoms with Crippen LogP contribution in [0.25, 0.3) is 11.2 Å². The van der Waals surface area contributed by atoms with E-state index >= 15 is 0 Å². The fourth-order valence-electron chi connectivity index (χ4n) is 1.10. The number of nitrogens with two attached hydrogens (primary N) is 2. The summed E-state index contributed by atoms with van der Waals surface area (Å²) in [6, 6.07) is 0. The second-order valence-electron chi connectivity index (χ2n) is 2.58. The highest BCUT2D eigenvalue weighted by Crippen LogP contribution is 2.11. The molecule has 0 amide bonds. The van der Waals surface area contributed by atoms with Crippen LogP contribution in [0, 0.1) is 4.64 Å². The smallest absolute Gasteiger partial charge is 0.200 e. The average molecular weight is 226 g/mol. The van der Waals surface area contributed by atoms with Gasteiger partial charge in [0.25, 0.3) is 0 Å². The second-order valence-corrected chi connectivity index (χ2v) is 3.38. The monoisotopic (exact) mass is 226 g/mol. The number of rotatable bonds is 0. The van der Waals surface area contributed by atoms with Crippen molar-refractivity contribution in [2.45, 2.75) is 0 Å². The fraction of sp³-hybridized carbons (Fsp3) is 0. The van der Waals surface area contributed by atoms with E-state index in [-0.39, 0.29) is 11.1 Å². The highest BCUT2D eigenvalue weighted by atomic mass is 32.1. The molecule has 0 bridgehead atoms. The summed E-state index contributed by atoms with van der Waals surface area (Å²) in [4.78, 5) is 10.7. The number of fused-ring (bicyclic) bond motifs is 1. The number of aromatic nitrogens is 4. The Morgan fingerprint density at radius 3 is 2.93 bits per heavy atom. The van der Waals surface area contributed by atoms with E-state index in [9.17, 15) is 0 Å². The lowest BCUT2D eigenvalue weighted by atomic mass is 10.5. The Morgan fingerprint density at radius 2 is 2.29 bits per heavy atom. The summed E-state index contributed by atoms with van der Waals surface area (Å²) < 4.78 is 1.81. The number of H-pyrrole nitrogens is 1. The number of anilines is 1. The average Bonchev–Trinajstić information content (AvgIpc) is 2.47. The fourth-order valence-corrected chi connectivity index (χ4v) is 1.49. The first-order valence-corrected chi connectivity index (χ1v) is 4.44. The van der Waals surface area contributed by atoms with Crippen LogP contribution in [0.1, 0.15) is 0 Å². The van der Waals surface area contributed by atoms with Crippen LogP contribution < -0.4 is 11.5 Å². The summed E-state index contributed by atoms with van der Waals surface area (Å²) in [5.74, 6) is 0.209. The van der Waals surface area contributed by atoms with Crippen molar-refractivity contribution in [3.8, 4) is 0 Å². The third kappa shape index (κ3) is 1.24. The van der Waals surface area contributed by atoms with Crippen LogP contribution in [0.5, 0.6) is 0 Å². The minimum absolute atomic E-state index is 0.170. The van der Waals surface area contributed by atoms with E-state index in [0.717, 1.165) is 0 Å². The van der Waals surface area contributed by atoms with Crippen molar-refractivity contribution in [3.63, 3.8) is 0 Å². The van der Waals surface area contributed by atoms with Gasteiger partial charge >= 0.3 is 0 Å². The molecule has 14 heavy (non-hydrogen) atoms. The Labute approximate surface area is 89.0 Å². The van der Waals surface area contributed by atoms with Gasteiger partial charge in [0.05, 0.1) is 0 Å². The number of hydrogen-bond acceptors (Lipinski definition) is 5. The van der Waals surface area contributed by atoms with Gasteiger partial charge in [-0.2, -0.15) is 0 Å². The summed E-state index contributed by atoms with van der Waals surface area (Å²) in [5, 5.41) is 0.170. The quantitative estimate of drug-likeness (QED) is 0.554. The maximum absolute atomic E-state index is 5.49. The van der Waals surface area contributed by atoms with Gasteiger partial charge < -0.3 is 16.5 Å². The number of nitrogens with one attached hydrogen (secondary N) is 1. The Morgan fingerprint density at radius 1 is 1.57 bits per heavy atom. The van der Waals surface area contributed by atoms with Crippen LogP contribution in [0.3, 0.4) is 0 Å². The molecular formula is C6H6N6S2. The topological polar surface area (TPSA) is 98.5 Å². The molecule has 2 aromatic rings. The van der Waals surface area contributed by atoms with Gasteiger partial charge in [0, 0.05) is 0 Å². The normalized spacial score (nSPS) is 10.6. The maximum Gasteiger partial charge on any atom is 0.200 e. The van der Waals surface area contributed by atoms with Gasteiger partial charge in [0.15, 0.2) is 15.7 Å². The number of aromatic amines is 1. The molecule has 2 aromatic heterocycles. The minimum Gasteiger partial charge on any atom is -0.376 e. The highest BCUT2D eigenvalue weighted by Gasteiger charge is 2.07. The Kier molecular flexibility index (Phi) is 1.93. The van der Waals surface area contributed by atoms with E-state index in [1.807, 2.05) is 0 Å². The van der Waals surface area contributed by atoms with Crippen LogP contribution in [0.15, 0.2) is 6.33 Å². The lowest BCUT2D eigenvalue weighted by molar-refractivity contribution is 1.13. The first-order chi connectivity index (χ1) is 6.59. The molecule has 0 aromatic carbocycles. The first kappa shape index (κ1) is 9.03. The summed E-state index contributed by atoms with van der Waals surface area (Å²) in [7, 11) is 0. The van der Waals surface area contributed by atoms with Gasteiger partial charge in [-0.3, -0.25) is 4.57 Å². The molecule has 0 aliphatic heterocycles. The lowest BCUT2D eigenvalue weighted by Crippen LogP contribution is -2.18. The standard InChI is InChI=1S/C6H6N6S2/c7-5-10-3-2(4(13)11-5)9-1-12(3)6(8)14/h1H,(H2,8,14)(H3,7,10,11,13). The highest BCUT2D eigenvalue weighted by molar-refractivity contribution is 7.80. The van der Waals surface area contributed by atoms with E-state index in [2.05, 4.69) is 15.0 Å². The molecule has 0 spiro atoms. The predicted octanol–water partition coefficient (Wildman–Crippen LogP) is 0.163. The third-order valence-electron chi connectivity index (χ3n) is 1.68. The SMILES string of the molecule is NC(=S)n1cnc2c(=S)nc(N)[nH]c21. The molecule has 0 unspecified atom stereocenters. The Bertz CT molecular complexity index is 567. The van der Waals surface area contributed by atoms with Crippen LogP contribution in [-0.4, -0.2) is 24.6 Å². The van der Waals surface area contributed by atoms with Gasteiger partial charge in [-0.25, -0.2) is 9.97 Å². The lowest BCUT2D eigenvalue weighted by Gasteiger charge is -2.00. The van der Waals surface area contributed by atoms with Crippen LogP contribution in [-0.2, 0) is 0 Å². The summed E-state index contributed by atoms with van der Waals surface area (Å²) in [5.41, 5.74) is 12.1. The number of imidazole rings is 1. The van der Waals surface area contributed by atoms with E-state index in [4.69, 9.17) is 35.9 Å². The second kappa shape index (κ2) is 3.00. The van der Waals surface area contributed by atoms with Gasteiger partial charge in [0.2, 0.25) is 0 Å². The molecule has 0 saturated heterocycles. The van der Waals surface area contributed by atoms with E-state index in [1.165, 1.54) is 10.9 Å². The van der Waals surface area contributed by atoms with Crippen molar-refractivity contribution in [2.24, 2.45) is 5.73 Å². The van der Waals surface area contributed by atoms with Crippen molar-refractivity contribution in [1.82, 2.24) is 19.5 Å². The molecule has 6 nitrogen and oxygen atoms in total. The zero-order chi connectivity index (χ0) is 10.3. The van der Waals surface area contributed by atoms with Crippen LogP contribution in [0.2, 0.25) is 0 Å². The van der Waals surface area contributed by atoms with Crippen molar-refractivity contribution < 1.29 is 0 Å². The Balaban J connectivity index is 2.92. The van der Waals surface area contributed by atoms with Crippen molar-refractivity contribution in [1.29, 1.82) is 0 Å². The molecule has 0 radical (unpaired) electrons. The molecule has 0 aliphatic carbocycles. The molecular weight excluding hydrogens is 220 g/mol. The first-order valence-electron chi connectivity index (χ1n) is 3.62. The molecule has 2 rings (SSSR count). The van der Waals surface area contributed by atoms with Crippen molar-refractivity contribution >= 4 is 46.7 Å². The molecule has 2 heterocycles. The number of thiocarbonyl (C=S) groups is 1. The Hall–Kier alpha value is -1.54. The van der Waals surface area contributed by atoms with Crippen LogP contribution >= 0.6 is 24.4 Å².